The molecule has 15 heavy (non-hydrogen) atoms. The molecule has 0 unspecified atom stereocenters. The van der Waals surface area contributed by atoms with Crippen LogP contribution in [0.2, 0.25) is 0 Å². The molecule has 0 spiro atoms. The van der Waals surface area contributed by atoms with Crippen molar-refractivity contribution < 1.29 is 19.7 Å². The van der Waals surface area contributed by atoms with Gasteiger partial charge >= 0.3 is 0 Å². The molecule has 4 nitrogen and oxygen atoms in total. The second kappa shape index (κ2) is 5.58. The van der Waals surface area contributed by atoms with Gasteiger partial charge in [0.1, 0.15) is 0 Å². The van der Waals surface area contributed by atoms with E-state index < -0.39 is 0 Å². The minimum Gasteiger partial charge on any atom is -0.493 e. The van der Waals surface area contributed by atoms with Crippen LogP contribution < -0.4 is 9.47 Å². The Bertz CT molecular complexity index is 323. The molecule has 0 heterocycles. The average Bonchev–Trinajstić information content (AvgIpc) is 2.28. The molecular weight excluding hydrogens is 196 g/mol. The minimum absolute atomic E-state index is 0.0441. The average molecular weight is 212 g/mol. The number of benzene rings is 1. The maximum absolute atomic E-state index is 9.15. The van der Waals surface area contributed by atoms with Crippen molar-refractivity contribution in [1.29, 1.82) is 0 Å². The van der Waals surface area contributed by atoms with Crippen molar-refractivity contribution in [2.24, 2.45) is 0 Å². The summed E-state index contributed by atoms with van der Waals surface area (Å²) in [6, 6.07) is 3.50. The van der Waals surface area contributed by atoms with Gasteiger partial charge in [0.2, 0.25) is 0 Å². The van der Waals surface area contributed by atoms with Crippen LogP contribution in [0.25, 0.3) is 0 Å². The topological polar surface area (TPSA) is 58.9 Å². The largest absolute Gasteiger partial charge is 0.493 e. The van der Waals surface area contributed by atoms with E-state index in [1.54, 1.807) is 26.4 Å². The van der Waals surface area contributed by atoms with Crippen molar-refractivity contribution in [1.82, 2.24) is 0 Å². The van der Waals surface area contributed by atoms with Crippen LogP contribution in [0.4, 0.5) is 0 Å². The van der Waals surface area contributed by atoms with E-state index in [9.17, 15) is 0 Å². The highest BCUT2D eigenvalue weighted by atomic mass is 16.5. The van der Waals surface area contributed by atoms with Crippen LogP contribution in [0.5, 0.6) is 11.5 Å². The first-order chi connectivity index (χ1) is 7.26. The second-order valence-corrected chi connectivity index (χ2v) is 3.11. The van der Waals surface area contributed by atoms with E-state index in [2.05, 4.69) is 0 Å². The predicted molar refractivity (Wildman–Crippen MR) is 56.3 cm³/mol. The molecule has 0 aliphatic rings. The van der Waals surface area contributed by atoms with Gasteiger partial charge in [0.25, 0.3) is 0 Å². The standard InChI is InChI=1S/C11H16O4/c1-14-10-5-8(3-4-12)9(7-13)6-11(10)15-2/h5-6,12-13H,3-4,7H2,1-2H3. The highest BCUT2D eigenvalue weighted by molar-refractivity contribution is 5.47. The first-order valence-electron chi connectivity index (χ1n) is 4.72. The fourth-order valence-corrected chi connectivity index (χ4v) is 1.46. The van der Waals surface area contributed by atoms with Gasteiger partial charge in [0.15, 0.2) is 11.5 Å². The number of aliphatic hydroxyl groups is 2. The first kappa shape index (κ1) is 11.8. The Morgan fingerprint density at radius 2 is 1.53 bits per heavy atom. The molecule has 0 saturated heterocycles. The van der Waals surface area contributed by atoms with Gasteiger partial charge in [0, 0.05) is 6.61 Å². The molecule has 4 heteroatoms. The molecule has 0 bridgehead atoms. The molecule has 1 rings (SSSR count). The number of aliphatic hydroxyl groups excluding tert-OH is 2. The fourth-order valence-electron chi connectivity index (χ4n) is 1.46. The summed E-state index contributed by atoms with van der Waals surface area (Å²) in [6.07, 6.45) is 0.496. The van der Waals surface area contributed by atoms with Crippen LogP contribution in [-0.4, -0.2) is 31.0 Å². The SMILES string of the molecule is COc1cc(CO)c(CCO)cc1OC. The molecule has 0 aliphatic carbocycles. The van der Waals surface area contributed by atoms with Gasteiger partial charge in [-0.3, -0.25) is 0 Å². The molecule has 1 aromatic rings. The van der Waals surface area contributed by atoms with Crippen molar-refractivity contribution in [3.63, 3.8) is 0 Å². The van der Waals surface area contributed by atoms with Crippen LogP contribution in [0.15, 0.2) is 12.1 Å². The van der Waals surface area contributed by atoms with Crippen LogP contribution in [0.1, 0.15) is 11.1 Å². The van der Waals surface area contributed by atoms with Gasteiger partial charge in [-0.15, -0.1) is 0 Å². The summed E-state index contributed by atoms with van der Waals surface area (Å²) in [5.74, 6) is 1.20. The third-order valence-corrected chi connectivity index (χ3v) is 2.26. The van der Waals surface area contributed by atoms with Crippen LogP contribution in [0, 0.1) is 0 Å². The Hall–Kier alpha value is -1.26. The molecule has 84 valence electrons. The number of hydrogen-bond donors (Lipinski definition) is 2. The Labute approximate surface area is 89.1 Å². The van der Waals surface area contributed by atoms with E-state index in [0.717, 1.165) is 11.1 Å². The molecule has 0 aliphatic heterocycles. The molecule has 0 amide bonds. The molecule has 1 aromatic carbocycles. The van der Waals surface area contributed by atoms with Crippen LogP contribution in [0.3, 0.4) is 0 Å². The van der Waals surface area contributed by atoms with E-state index >= 15 is 0 Å². The monoisotopic (exact) mass is 212 g/mol. The van der Waals surface area contributed by atoms with Gasteiger partial charge in [0.05, 0.1) is 20.8 Å². The van der Waals surface area contributed by atoms with Crippen LogP contribution in [-0.2, 0) is 13.0 Å². The lowest BCUT2D eigenvalue weighted by molar-refractivity contribution is 0.274. The zero-order valence-electron chi connectivity index (χ0n) is 8.99. The molecule has 0 aromatic heterocycles. The van der Waals surface area contributed by atoms with Crippen molar-refractivity contribution in [2.45, 2.75) is 13.0 Å². The van der Waals surface area contributed by atoms with Gasteiger partial charge in [-0.2, -0.15) is 0 Å². The van der Waals surface area contributed by atoms with E-state index in [1.165, 1.54) is 0 Å². The Morgan fingerprint density at radius 3 is 1.93 bits per heavy atom. The van der Waals surface area contributed by atoms with E-state index in [0.29, 0.717) is 17.9 Å². The van der Waals surface area contributed by atoms with Gasteiger partial charge in [-0.05, 0) is 29.7 Å². The Kier molecular flexibility index (Phi) is 4.39. The zero-order valence-corrected chi connectivity index (χ0v) is 8.99. The second-order valence-electron chi connectivity index (χ2n) is 3.11. The summed E-state index contributed by atoms with van der Waals surface area (Å²) in [4.78, 5) is 0. The molecule has 2 N–H and O–H groups in total. The number of rotatable bonds is 5. The Balaban J connectivity index is 3.15. The highest BCUT2D eigenvalue weighted by Crippen LogP contribution is 2.30. The van der Waals surface area contributed by atoms with Gasteiger partial charge in [-0.25, -0.2) is 0 Å². The summed E-state index contributed by atoms with van der Waals surface area (Å²) in [5, 5.41) is 18.0. The van der Waals surface area contributed by atoms with Gasteiger partial charge in [-0.1, -0.05) is 0 Å². The molecule has 0 atom stereocenters. The van der Waals surface area contributed by atoms with E-state index in [4.69, 9.17) is 19.7 Å². The zero-order chi connectivity index (χ0) is 11.3. The normalized spacial score (nSPS) is 10.1. The summed E-state index contributed by atoms with van der Waals surface area (Å²) in [7, 11) is 3.10. The quantitative estimate of drug-likeness (QED) is 0.755. The maximum Gasteiger partial charge on any atom is 0.161 e. The van der Waals surface area contributed by atoms with Crippen LogP contribution >= 0.6 is 0 Å². The predicted octanol–water partition coefficient (Wildman–Crippen LogP) is 0.731. The lowest BCUT2D eigenvalue weighted by Crippen LogP contribution is -2.00. The minimum atomic E-state index is -0.0737. The lowest BCUT2D eigenvalue weighted by Gasteiger charge is -2.12. The summed E-state index contributed by atoms with van der Waals surface area (Å²) in [5.41, 5.74) is 1.62. The van der Waals surface area contributed by atoms with Crippen molar-refractivity contribution in [3.8, 4) is 11.5 Å². The van der Waals surface area contributed by atoms with Crippen molar-refractivity contribution in [2.75, 3.05) is 20.8 Å². The number of ether oxygens (including phenoxy) is 2. The molecule has 0 saturated carbocycles. The third kappa shape index (κ3) is 2.61. The molecule has 0 fully saturated rings. The third-order valence-electron chi connectivity index (χ3n) is 2.26. The summed E-state index contributed by atoms with van der Waals surface area (Å²) in [6.45, 7) is -0.0296. The highest BCUT2D eigenvalue weighted by Gasteiger charge is 2.09. The van der Waals surface area contributed by atoms with Crippen molar-refractivity contribution in [3.05, 3.63) is 23.3 Å². The lowest BCUT2D eigenvalue weighted by atomic mass is 10.0. The number of methoxy groups -OCH3 is 2. The molecular formula is C11H16O4. The molecule has 0 radical (unpaired) electrons. The Morgan fingerprint density at radius 1 is 1.00 bits per heavy atom. The van der Waals surface area contributed by atoms with E-state index in [-0.39, 0.29) is 13.2 Å². The smallest absolute Gasteiger partial charge is 0.161 e. The fraction of sp³-hybridized carbons (Fsp3) is 0.455. The maximum atomic E-state index is 9.15. The van der Waals surface area contributed by atoms with Crippen molar-refractivity contribution >= 4 is 0 Å². The first-order valence-corrected chi connectivity index (χ1v) is 4.72. The van der Waals surface area contributed by atoms with Gasteiger partial charge < -0.3 is 19.7 Å². The summed E-state index contributed by atoms with van der Waals surface area (Å²) < 4.78 is 10.2. The number of hydrogen-bond acceptors (Lipinski definition) is 4. The summed E-state index contributed by atoms with van der Waals surface area (Å²) >= 11 is 0. The van der Waals surface area contributed by atoms with E-state index in [1.807, 2.05) is 0 Å².